The van der Waals surface area contributed by atoms with E-state index in [1.807, 2.05) is 18.2 Å². The van der Waals surface area contributed by atoms with Crippen molar-refractivity contribution in [3.05, 3.63) is 75.2 Å². The zero-order chi connectivity index (χ0) is 19.8. The van der Waals surface area contributed by atoms with Crippen LogP contribution >= 0.6 is 27.5 Å². The van der Waals surface area contributed by atoms with E-state index in [0.29, 0.717) is 34.7 Å². The second-order valence-corrected chi connectivity index (χ2v) is 8.53. The molecule has 1 saturated carbocycles. The smallest absolute Gasteiger partial charge is 0.255 e. The molecule has 0 bridgehead atoms. The van der Waals surface area contributed by atoms with Crippen molar-refractivity contribution in [3.8, 4) is 0 Å². The number of carbonyl (C=O) groups excluding carboxylic acids is 3. The van der Waals surface area contributed by atoms with E-state index in [4.69, 9.17) is 11.6 Å². The highest BCUT2D eigenvalue weighted by atomic mass is 79.9. The summed E-state index contributed by atoms with van der Waals surface area (Å²) < 4.78 is 0.929. The number of amides is 1. The Kier molecular flexibility index (Phi) is 5.21. The SMILES string of the molecule is O=C(Nc1ccc(Br)cc1)c1ccc([C@@H]2C(=O)[C@@H]3CC=C(Cl)C[C@H]3C2=O)cc1. The fourth-order valence-electron chi connectivity index (χ4n) is 3.93. The Morgan fingerprint density at radius 2 is 1.61 bits per heavy atom. The molecule has 6 heteroatoms. The number of halogens is 2. The lowest BCUT2D eigenvalue weighted by atomic mass is 9.85. The summed E-state index contributed by atoms with van der Waals surface area (Å²) in [5.41, 5.74) is 1.79. The molecule has 0 saturated heterocycles. The topological polar surface area (TPSA) is 63.2 Å². The van der Waals surface area contributed by atoms with Crippen molar-refractivity contribution in [1.82, 2.24) is 0 Å². The van der Waals surface area contributed by atoms with Gasteiger partial charge in [0.25, 0.3) is 5.91 Å². The fraction of sp³-hybridized carbons (Fsp3) is 0.227. The molecular weight excluding hydrogens is 442 g/mol. The van der Waals surface area contributed by atoms with Crippen molar-refractivity contribution >= 4 is 50.7 Å². The lowest BCUT2D eigenvalue weighted by Crippen LogP contribution is -2.20. The highest BCUT2D eigenvalue weighted by molar-refractivity contribution is 9.10. The van der Waals surface area contributed by atoms with E-state index in [1.165, 1.54) is 0 Å². The van der Waals surface area contributed by atoms with Crippen LogP contribution in [0, 0.1) is 11.8 Å². The lowest BCUT2D eigenvalue weighted by molar-refractivity contribution is -0.125. The standard InChI is InChI=1S/C22H17BrClNO3/c23-14-5-8-16(9-6-14)25-22(28)13-3-1-12(2-4-13)19-20(26)17-10-7-15(24)11-18(17)21(19)27/h1-9,17-19H,10-11H2,(H,25,28)/t17-,18-,19-/m1/s1. The molecule has 2 aromatic carbocycles. The van der Waals surface area contributed by atoms with Crippen LogP contribution in [-0.2, 0) is 9.59 Å². The number of anilines is 1. The summed E-state index contributed by atoms with van der Waals surface area (Å²) in [5, 5.41) is 3.48. The van der Waals surface area contributed by atoms with Crippen molar-refractivity contribution < 1.29 is 14.4 Å². The zero-order valence-corrected chi connectivity index (χ0v) is 17.2. The van der Waals surface area contributed by atoms with E-state index in [0.717, 1.165) is 4.47 Å². The van der Waals surface area contributed by atoms with Gasteiger partial charge in [-0.25, -0.2) is 0 Å². The van der Waals surface area contributed by atoms with E-state index in [9.17, 15) is 14.4 Å². The third-order valence-corrected chi connectivity index (χ3v) is 6.24. The minimum atomic E-state index is -0.755. The molecular formula is C22H17BrClNO3. The highest BCUT2D eigenvalue weighted by Gasteiger charge is 2.50. The summed E-state index contributed by atoms with van der Waals surface area (Å²) in [6.07, 6.45) is 2.81. The molecule has 0 spiro atoms. The van der Waals surface area contributed by atoms with Gasteiger partial charge in [0.05, 0.1) is 0 Å². The second kappa shape index (κ2) is 7.64. The van der Waals surface area contributed by atoms with E-state index in [2.05, 4.69) is 21.2 Å². The molecule has 2 aliphatic rings. The van der Waals surface area contributed by atoms with Gasteiger partial charge in [0, 0.05) is 32.6 Å². The first-order valence-corrected chi connectivity index (χ1v) is 10.2. The number of ketones is 2. The summed E-state index contributed by atoms with van der Waals surface area (Å²) in [4.78, 5) is 38.0. The summed E-state index contributed by atoms with van der Waals surface area (Å²) in [5.74, 6) is -1.70. The monoisotopic (exact) mass is 457 g/mol. The van der Waals surface area contributed by atoms with E-state index >= 15 is 0 Å². The first-order valence-electron chi connectivity index (χ1n) is 9.03. The van der Waals surface area contributed by atoms with Gasteiger partial charge in [0.1, 0.15) is 5.92 Å². The average molecular weight is 459 g/mol. The summed E-state index contributed by atoms with van der Waals surface area (Å²) in [6.45, 7) is 0. The Hall–Kier alpha value is -2.24. The lowest BCUT2D eigenvalue weighted by Gasteiger charge is -2.19. The maximum atomic E-state index is 12.8. The van der Waals surface area contributed by atoms with Crippen molar-refractivity contribution in [1.29, 1.82) is 0 Å². The fourth-order valence-corrected chi connectivity index (χ4v) is 4.45. The van der Waals surface area contributed by atoms with Crippen LogP contribution in [0.3, 0.4) is 0 Å². The van der Waals surface area contributed by atoms with Crippen LogP contribution in [0.25, 0.3) is 0 Å². The summed E-state index contributed by atoms with van der Waals surface area (Å²) in [6, 6.07) is 14.0. The van der Waals surface area contributed by atoms with Crippen LogP contribution in [0.4, 0.5) is 5.69 Å². The van der Waals surface area contributed by atoms with E-state index in [-0.39, 0.29) is 29.3 Å². The maximum Gasteiger partial charge on any atom is 0.255 e. The largest absolute Gasteiger partial charge is 0.322 e. The zero-order valence-electron chi connectivity index (χ0n) is 14.8. The first-order chi connectivity index (χ1) is 13.4. The number of benzene rings is 2. The molecule has 0 heterocycles. The minimum Gasteiger partial charge on any atom is -0.322 e. The van der Waals surface area contributed by atoms with Gasteiger partial charge in [-0.15, -0.1) is 0 Å². The molecule has 142 valence electrons. The number of Topliss-reactive ketones (excluding diaryl/α,β-unsaturated/α-hetero) is 2. The number of hydrogen-bond donors (Lipinski definition) is 1. The molecule has 28 heavy (non-hydrogen) atoms. The van der Waals surface area contributed by atoms with Gasteiger partial charge < -0.3 is 5.32 Å². The van der Waals surface area contributed by atoms with Crippen molar-refractivity contribution in [2.24, 2.45) is 11.8 Å². The van der Waals surface area contributed by atoms with Crippen molar-refractivity contribution in [3.63, 3.8) is 0 Å². The Morgan fingerprint density at radius 3 is 2.29 bits per heavy atom. The quantitative estimate of drug-likeness (QED) is 0.652. The van der Waals surface area contributed by atoms with Crippen LogP contribution < -0.4 is 5.32 Å². The molecule has 0 radical (unpaired) electrons. The van der Waals surface area contributed by atoms with E-state index < -0.39 is 5.92 Å². The third-order valence-electron chi connectivity index (χ3n) is 5.40. The average Bonchev–Trinajstić information content (AvgIpc) is 2.93. The first kappa shape index (κ1) is 19.1. The van der Waals surface area contributed by atoms with Crippen LogP contribution in [0.1, 0.15) is 34.7 Å². The maximum absolute atomic E-state index is 12.8. The van der Waals surface area contributed by atoms with Crippen molar-refractivity contribution in [2.45, 2.75) is 18.8 Å². The number of nitrogens with one attached hydrogen (secondary N) is 1. The van der Waals surface area contributed by atoms with Crippen molar-refractivity contribution in [2.75, 3.05) is 5.32 Å². The third kappa shape index (κ3) is 3.56. The Balaban J connectivity index is 1.50. The van der Waals surface area contributed by atoms with Crippen LogP contribution in [0.2, 0.25) is 0 Å². The summed E-state index contributed by atoms with van der Waals surface area (Å²) >= 11 is 9.43. The van der Waals surface area contributed by atoms with Crippen LogP contribution in [-0.4, -0.2) is 17.5 Å². The Bertz CT molecular complexity index is 982. The molecule has 4 rings (SSSR count). The molecule has 1 N–H and O–H groups in total. The van der Waals surface area contributed by atoms with Gasteiger partial charge in [0.2, 0.25) is 0 Å². The number of rotatable bonds is 3. The molecule has 1 amide bonds. The van der Waals surface area contributed by atoms with Crippen LogP contribution in [0.5, 0.6) is 0 Å². The molecule has 1 fully saturated rings. The van der Waals surface area contributed by atoms with Gasteiger partial charge in [0.15, 0.2) is 11.6 Å². The van der Waals surface area contributed by atoms with Crippen LogP contribution in [0.15, 0.2) is 64.1 Å². The Morgan fingerprint density at radius 1 is 0.964 bits per heavy atom. The molecule has 0 aromatic heterocycles. The predicted molar refractivity (Wildman–Crippen MR) is 111 cm³/mol. The molecule has 2 aromatic rings. The molecule has 2 aliphatic carbocycles. The van der Waals surface area contributed by atoms with Gasteiger partial charge in [-0.05, 0) is 54.8 Å². The normalized spacial score (nSPS) is 23.9. The van der Waals surface area contributed by atoms with Gasteiger partial charge in [-0.1, -0.05) is 45.7 Å². The second-order valence-electron chi connectivity index (χ2n) is 7.12. The Labute approximate surface area is 176 Å². The number of carbonyl (C=O) groups is 3. The van der Waals surface area contributed by atoms with Gasteiger partial charge in [-0.2, -0.15) is 0 Å². The number of allylic oxidation sites excluding steroid dienone is 2. The predicted octanol–water partition coefficient (Wildman–Crippen LogP) is 5.09. The number of fused-ring (bicyclic) bond motifs is 1. The molecule has 4 nitrogen and oxygen atoms in total. The number of hydrogen-bond acceptors (Lipinski definition) is 3. The highest BCUT2D eigenvalue weighted by Crippen LogP contribution is 2.44. The molecule has 0 aliphatic heterocycles. The van der Waals surface area contributed by atoms with Gasteiger partial charge in [-0.3, -0.25) is 14.4 Å². The van der Waals surface area contributed by atoms with Gasteiger partial charge >= 0.3 is 0 Å². The minimum absolute atomic E-state index is 0.0394. The molecule has 0 unspecified atom stereocenters. The molecule has 3 atom stereocenters. The van der Waals surface area contributed by atoms with E-state index in [1.54, 1.807) is 36.4 Å². The summed E-state index contributed by atoms with van der Waals surface area (Å²) in [7, 11) is 0.